The summed E-state index contributed by atoms with van der Waals surface area (Å²) in [6.45, 7) is 4.86. The lowest BCUT2D eigenvalue weighted by atomic mass is 10.0. The van der Waals surface area contributed by atoms with Crippen LogP contribution < -0.4 is 11.1 Å². The number of carbonyl (C=O) groups is 4. The van der Waals surface area contributed by atoms with Gasteiger partial charge in [0.25, 0.3) is 5.91 Å². The maximum Gasteiger partial charge on any atom is 0.358 e. The van der Waals surface area contributed by atoms with Crippen LogP contribution in [0, 0.1) is 0 Å². The first-order valence-electron chi connectivity index (χ1n) is 14.7. The predicted molar refractivity (Wildman–Crippen MR) is 170 cm³/mol. The van der Waals surface area contributed by atoms with Crippen LogP contribution in [0.25, 0.3) is 0 Å². The first kappa shape index (κ1) is 34.6. The Morgan fingerprint density at radius 1 is 1.24 bits per heavy atom. The summed E-state index contributed by atoms with van der Waals surface area (Å²) >= 11 is 4.00. The Bertz CT molecular complexity index is 1400. The first-order chi connectivity index (χ1) is 21.6. The number of tetrazole rings is 1. The topological polar surface area (TPSA) is 188 Å². The van der Waals surface area contributed by atoms with E-state index in [1.54, 1.807) is 10.1 Å². The Labute approximate surface area is 274 Å². The zero-order valence-corrected chi connectivity index (χ0v) is 28.2. The second kappa shape index (κ2) is 16.4. The van der Waals surface area contributed by atoms with E-state index in [0.717, 1.165) is 25.8 Å². The van der Waals surface area contributed by atoms with Crippen molar-refractivity contribution in [2.24, 2.45) is 0 Å². The first-order valence-corrected chi connectivity index (χ1v) is 17.6. The standard InChI is InChI=1S/C27H39N9O6S3/c1-5-6-7-8-9-20(38)41-16(2)42-25(40)22-17(14-45-27-31-32-33-35(27)11-10-34(3)4)13-43-24-21(23(39)36(22)24)30-19(37)12-18-15-44-26(28)29-18/h15-16,21,24H,5-14H2,1-4H3,(H2,28,29)(H,30,37)/t16?,21-,24+/m1/s1. The van der Waals surface area contributed by atoms with Gasteiger partial charge in [-0.3, -0.25) is 19.3 Å². The summed E-state index contributed by atoms with van der Waals surface area (Å²) in [6, 6.07) is -0.827. The van der Waals surface area contributed by atoms with E-state index in [0.29, 0.717) is 46.0 Å². The number of nitrogens with two attached hydrogens (primary N) is 1. The van der Waals surface area contributed by atoms with Crippen LogP contribution in [-0.2, 0) is 41.6 Å². The molecule has 2 aliphatic rings. The number of nitrogen functional groups attached to an aromatic ring is 1. The number of ether oxygens (including phenoxy) is 2. The minimum Gasteiger partial charge on any atom is -0.425 e. The van der Waals surface area contributed by atoms with Crippen molar-refractivity contribution in [2.75, 3.05) is 37.9 Å². The number of hydrogen-bond acceptors (Lipinski definition) is 15. The smallest absolute Gasteiger partial charge is 0.358 e. The average Bonchev–Trinajstić information content (AvgIpc) is 3.62. The van der Waals surface area contributed by atoms with E-state index in [1.807, 2.05) is 19.0 Å². The monoisotopic (exact) mass is 681 g/mol. The lowest BCUT2D eigenvalue weighted by Crippen LogP contribution is -2.70. The molecule has 45 heavy (non-hydrogen) atoms. The Hall–Kier alpha value is -3.22. The molecule has 3 atom stereocenters. The molecule has 0 aliphatic carbocycles. The van der Waals surface area contributed by atoms with Gasteiger partial charge in [0.15, 0.2) is 5.13 Å². The van der Waals surface area contributed by atoms with Crippen molar-refractivity contribution < 1.29 is 28.7 Å². The zero-order chi connectivity index (χ0) is 32.5. The number of thioether (sulfide) groups is 2. The average molecular weight is 682 g/mol. The lowest BCUT2D eigenvalue weighted by molar-refractivity contribution is -0.184. The highest BCUT2D eigenvalue weighted by molar-refractivity contribution is 8.01. The Morgan fingerprint density at radius 2 is 2.04 bits per heavy atom. The van der Waals surface area contributed by atoms with E-state index in [-0.39, 0.29) is 24.4 Å². The van der Waals surface area contributed by atoms with Crippen molar-refractivity contribution in [2.45, 2.75) is 81.8 Å². The van der Waals surface area contributed by atoms with Gasteiger partial charge in [0.05, 0.1) is 18.7 Å². The number of fused-ring (bicyclic) bond motifs is 1. The largest absolute Gasteiger partial charge is 0.425 e. The summed E-state index contributed by atoms with van der Waals surface area (Å²) in [5.41, 5.74) is 6.89. The third kappa shape index (κ3) is 9.40. The molecular formula is C27H39N9O6S3. The number of nitrogens with one attached hydrogen (secondary N) is 1. The van der Waals surface area contributed by atoms with E-state index in [9.17, 15) is 19.2 Å². The van der Waals surface area contributed by atoms with Crippen molar-refractivity contribution in [3.8, 4) is 0 Å². The molecule has 1 saturated heterocycles. The van der Waals surface area contributed by atoms with Crippen molar-refractivity contribution in [3.63, 3.8) is 0 Å². The van der Waals surface area contributed by atoms with Crippen LogP contribution in [0.4, 0.5) is 5.13 Å². The van der Waals surface area contributed by atoms with Crippen LogP contribution in [0.1, 0.15) is 51.6 Å². The fourth-order valence-corrected chi connectivity index (χ4v) is 7.58. The number of anilines is 1. The minimum atomic E-state index is -1.15. The minimum absolute atomic E-state index is 0.0225. The van der Waals surface area contributed by atoms with Crippen molar-refractivity contribution >= 4 is 63.7 Å². The molecule has 246 valence electrons. The lowest BCUT2D eigenvalue weighted by Gasteiger charge is -2.49. The normalized spacial score (nSPS) is 18.4. The van der Waals surface area contributed by atoms with Gasteiger partial charge in [0, 0.05) is 36.8 Å². The molecule has 4 heterocycles. The van der Waals surface area contributed by atoms with Crippen molar-refractivity contribution in [3.05, 3.63) is 22.3 Å². The second-order valence-electron chi connectivity index (χ2n) is 10.8. The number of hydrogen-bond donors (Lipinski definition) is 2. The number of rotatable bonds is 17. The zero-order valence-electron chi connectivity index (χ0n) is 25.8. The van der Waals surface area contributed by atoms with Crippen LogP contribution in [0.15, 0.2) is 21.8 Å². The highest BCUT2D eigenvalue weighted by Gasteiger charge is 2.54. The molecule has 3 N–H and O–H groups in total. The molecule has 1 unspecified atom stereocenters. The van der Waals surface area contributed by atoms with Gasteiger partial charge in [0.1, 0.15) is 17.1 Å². The molecule has 2 aromatic heterocycles. The van der Waals surface area contributed by atoms with Gasteiger partial charge in [-0.1, -0.05) is 37.9 Å². The van der Waals surface area contributed by atoms with Crippen LogP contribution >= 0.6 is 34.9 Å². The van der Waals surface area contributed by atoms with Gasteiger partial charge < -0.3 is 25.4 Å². The summed E-state index contributed by atoms with van der Waals surface area (Å²) in [5.74, 6) is -1.36. The van der Waals surface area contributed by atoms with Crippen LogP contribution in [0.2, 0.25) is 0 Å². The number of likely N-dealkylation sites (N-methyl/N-ethyl adjacent to an activating group) is 1. The molecular weight excluding hydrogens is 643 g/mol. The van der Waals surface area contributed by atoms with E-state index >= 15 is 0 Å². The number of carbonyl (C=O) groups excluding carboxylic acids is 4. The predicted octanol–water partition coefficient (Wildman–Crippen LogP) is 1.67. The third-order valence-corrected chi connectivity index (χ3v) is 10.0. The molecule has 0 saturated carbocycles. The Morgan fingerprint density at radius 3 is 2.76 bits per heavy atom. The molecule has 2 amide bonds. The number of thiazole rings is 1. The molecule has 0 radical (unpaired) electrons. The van der Waals surface area contributed by atoms with Gasteiger partial charge >= 0.3 is 11.9 Å². The van der Waals surface area contributed by atoms with Crippen LogP contribution in [0.5, 0.6) is 0 Å². The van der Waals surface area contributed by atoms with Crippen molar-refractivity contribution in [1.82, 2.24) is 40.3 Å². The number of nitrogens with zero attached hydrogens (tertiary/aromatic N) is 7. The number of aromatic nitrogens is 5. The summed E-state index contributed by atoms with van der Waals surface area (Å²) in [4.78, 5) is 59.4. The van der Waals surface area contributed by atoms with E-state index in [1.165, 1.54) is 46.7 Å². The fraction of sp³-hybridized carbons (Fsp3) is 0.630. The maximum absolute atomic E-state index is 13.6. The van der Waals surface area contributed by atoms with Crippen molar-refractivity contribution in [1.29, 1.82) is 0 Å². The highest BCUT2D eigenvalue weighted by Crippen LogP contribution is 2.42. The SMILES string of the molecule is CCCCCCC(=O)OC(C)OC(=O)C1=C(CSc2nnnn2CCN(C)C)CS[C@H]2[C@H](NC(=O)Cc3csc(N)n3)C(=O)N12. The molecule has 4 rings (SSSR count). The molecule has 0 bridgehead atoms. The van der Waals surface area contributed by atoms with Gasteiger partial charge in [-0.25, -0.2) is 14.5 Å². The van der Waals surface area contributed by atoms with Crippen LogP contribution in [-0.4, -0.2) is 109 Å². The molecule has 18 heteroatoms. The van der Waals surface area contributed by atoms with Gasteiger partial charge in [0.2, 0.25) is 17.4 Å². The Kier molecular flexibility index (Phi) is 12.6. The second-order valence-corrected chi connectivity index (χ2v) is 13.7. The number of unbranched alkanes of at least 4 members (excludes halogenated alkanes) is 3. The number of amides is 2. The summed E-state index contributed by atoms with van der Waals surface area (Å²) < 4.78 is 12.5. The van der Waals surface area contributed by atoms with Gasteiger partial charge in [-0.2, -0.15) is 0 Å². The molecule has 0 aromatic carbocycles. The summed E-state index contributed by atoms with van der Waals surface area (Å²) in [5, 5.41) is 16.8. The third-order valence-electron chi connectivity index (χ3n) is 6.91. The summed E-state index contributed by atoms with van der Waals surface area (Å²) in [7, 11) is 3.91. The fourth-order valence-electron chi connectivity index (χ4n) is 4.63. The molecule has 2 aliphatic heterocycles. The number of β-lactam (4-membered cyclic amide) rings is 1. The van der Waals surface area contributed by atoms with Gasteiger partial charge in [-0.05, 0) is 36.5 Å². The molecule has 15 nitrogen and oxygen atoms in total. The molecule has 1 fully saturated rings. The Balaban J connectivity index is 1.46. The molecule has 2 aromatic rings. The number of esters is 2. The quantitative estimate of drug-likeness (QED) is 0.0807. The van der Waals surface area contributed by atoms with Gasteiger partial charge in [-0.15, -0.1) is 28.2 Å². The van der Waals surface area contributed by atoms with E-state index < -0.39 is 35.6 Å². The highest BCUT2D eigenvalue weighted by atomic mass is 32.2. The van der Waals surface area contributed by atoms with E-state index in [4.69, 9.17) is 15.2 Å². The summed E-state index contributed by atoms with van der Waals surface area (Å²) in [6.07, 6.45) is 2.73. The molecule has 0 spiro atoms. The maximum atomic E-state index is 13.6. The van der Waals surface area contributed by atoms with E-state index in [2.05, 4.69) is 32.7 Å². The van der Waals surface area contributed by atoms with Crippen LogP contribution in [0.3, 0.4) is 0 Å².